The van der Waals surface area contributed by atoms with Crippen LogP contribution in [0.1, 0.15) is 11.1 Å². The number of hydrogen-bond acceptors (Lipinski definition) is 7. The summed E-state index contributed by atoms with van der Waals surface area (Å²) < 4.78 is 9.73. The molecule has 2 rings (SSSR count). The summed E-state index contributed by atoms with van der Waals surface area (Å²) in [6.45, 7) is -0.493. The first kappa shape index (κ1) is 19.4. The van der Waals surface area contributed by atoms with Crippen LogP contribution in [0.2, 0.25) is 10.0 Å². The minimum atomic E-state index is -1.02. The number of hydrogen-bond donors (Lipinski definition) is 0. The molecule has 0 fully saturated rings. The van der Waals surface area contributed by atoms with E-state index in [9.17, 15) is 25.0 Å². The number of carbonyl (C=O) groups is 1. The number of halogens is 2. The average molecular weight is 401 g/mol. The number of non-ortho nitro benzene ring substituents is 2. The van der Waals surface area contributed by atoms with Gasteiger partial charge in [-0.1, -0.05) is 23.2 Å². The Labute approximate surface area is 156 Å². The van der Waals surface area contributed by atoms with Crippen LogP contribution in [-0.4, -0.2) is 16.0 Å². The van der Waals surface area contributed by atoms with Crippen molar-refractivity contribution in [1.82, 2.24) is 0 Å². The summed E-state index contributed by atoms with van der Waals surface area (Å²) in [6, 6.07) is 7.46. The van der Waals surface area contributed by atoms with Gasteiger partial charge in [0, 0.05) is 35.4 Å². The molecular formula is C15H10Cl2N2O7. The third kappa shape index (κ3) is 5.04. The summed E-state index contributed by atoms with van der Waals surface area (Å²) >= 11 is 11.8. The Bertz CT molecular complexity index is 804. The molecule has 0 spiro atoms. The van der Waals surface area contributed by atoms with E-state index < -0.39 is 16.0 Å². The maximum absolute atomic E-state index is 11.6. The van der Waals surface area contributed by atoms with E-state index in [1.807, 2.05) is 0 Å². The monoisotopic (exact) mass is 400 g/mol. The van der Waals surface area contributed by atoms with Crippen molar-refractivity contribution in [2.75, 3.05) is 0 Å². The zero-order valence-corrected chi connectivity index (χ0v) is 14.4. The van der Waals surface area contributed by atoms with Gasteiger partial charge < -0.3 is 9.47 Å². The van der Waals surface area contributed by atoms with E-state index in [1.54, 1.807) is 0 Å². The quantitative estimate of drug-likeness (QED) is 0.392. The predicted molar refractivity (Wildman–Crippen MR) is 91.2 cm³/mol. The molecule has 136 valence electrons. The average Bonchev–Trinajstić information content (AvgIpc) is 2.59. The molecule has 0 aliphatic carbocycles. The van der Waals surface area contributed by atoms with Gasteiger partial charge in [-0.3, -0.25) is 20.2 Å². The smallest absolute Gasteiger partial charge is 0.429 e. The fourth-order valence-electron chi connectivity index (χ4n) is 1.85. The minimum absolute atomic E-state index is 0.0745. The summed E-state index contributed by atoms with van der Waals surface area (Å²) in [5.41, 5.74) is 0.355. The molecule has 0 atom stereocenters. The molecule has 9 nitrogen and oxygen atoms in total. The van der Waals surface area contributed by atoms with E-state index in [1.165, 1.54) is 24.3 Å². The van der Waals surface area contributed by atoms with Crippen molar-refractivity contribution in [3.05, 3.63) is 77.8 Å². The number of benzene rings is 2. The van der Waals surface area contributed by atoms with Crippen molar-refractivity contribution < 1.29 is 24.1 Å². The van der Waals surface area contributed by atoms with Gasteiger partial charge in [-0.15, -0.1) is 0 Å². The molecule has 0 heterocycles. The topological polar surface area (TPSA) is 122 Å². The van der Waals surface area contributed by atoms with Crippen molar-refractivity contribution in [2.45, 2.75) is 13.2 Å². The second-order valence-corrected chi connectivity index (χ2v) is 5.71. The molecule has 0 unspecified atom stereocenters. The fraction of sp³-hybridized carbons (Fsp3) is 0.133. The van der Waals surface area contributed by atoms with E-state index >= 15 is 0 Å². The van der Waals surface area contributed by atoms with Crippen LogP contribution >= 0.6 is 23.2 Å². The van der Waals surface area contributed by atoms with Gasteiger partial charge in [-0.05, 0) is 12.1 Å². The van der Waals surface area contributed by atoms with Crippen LogP contribution in [0.4, 0.5) is 16.2 Å². The summed E-state index contributed by atoms with van der Waals surface area (Å²) in [5, 5.41) is 21.4. The number of nitrogens with zero attached hydrogens (tertiary/aromatic N) is 2. The molecular weight excluding hydrogens is 391 g/mol. The number of ether oxygens (including phenoxy) is 2. The molecule has 26 heavy (non-hydrogen) atoms. The van der Waals surface area contributed by atoms with E-state index in [0.29, 0.717) is 11.1 Å². The highest BCUT2D eigenvalue weighted by atomic mass is 35.5. The lowest BCUT2D eigenvalue weighted by Gasteiger charge is -2.08. The van der Waals surface area contributed by atoms with Crippen molar-refractivity contribution in [3.63, 3.8) is 0 Å². The Morgan fingerprint density at radius 3 is 1.54 bits per heavy atom. The zero-order chi connectivity index (χ0) is 19.3. The van der Waals surface area contributed by atoms with Crippen LogP contribution in [0, 0.1) is 20.2 Å². The van der Waals surface area contributed by atoms with Gasteiger partial charge in [0.05, 0.1) is 19.9 Å². The third-order valence-corrected chi connectivity index (χ3v) is 3.89. The molecule has 0 aliphatic rings. The molecule has 0 amide bonds. The van der Waals surface area contributed by atoms with Gasteiger partial charge in [-0.2, -0.15) is 0 Å². The second-order valence-electron chi connectivity index (χ2n) is 4.89. The van der Waals surface area contributed by atoms with E-state index in [-0.39, 0.29) is 34.6 Å². The molecule has 2 aromatic carbocycles. The highest BCUT2D eigenvalue weighted by Gasteiger charge is 2.14. The first-order valence-corrected chi connectivity index (χ1v) is 7.68. The Kier molecular flexibility index (Phi) is 6.31. The predicted octanol–water partition coefficient (Wildman–Crippen LogP) is 4.66. The normalized spacial score (nSPS) is 10.2. The molecule has 0 radical (unpaired) electrons. The van der Waals surface area contributed by atoms with E-state index in [4.69, 9.17) is 32.7 Å². The van der Waals surface area contributed by atoms with Crippen molar-refractivity contribution in [2.24, 2.45) is 0 Å². The lowest BCUT2D eigenvalue weighted by Crippen LogP contribution is -2.08. The lowest BCUT2D eigenvalue weighted by atomic mass is 10.2. The summed E-state index contributed by atoms with van der Waals surface area (Å²) in [4.78, 5) is 31.7. The number of carbonyl (C=O) groups excluding carboxylic acids is 1. The Balaban J connectivity index is 1.90. The fourth-order valence-corrected chi connectivity index (χ4v) is 2.31. The number of nitro groups is 2. The van der Waals surface area contributed by atoms with Gasteiger partial charge >= 0.3 is 6.16 Å². The maximum atomic E-state index is 11.6. The van der Waals surface area contributed by atoms with Gasteiger partial charge in [0.1, 0.15) is 13.2 Å². The second kappa shape index (κ2) is 8.45. The van der Waals surface area contributed by atoms with Crippen LogP contribution in [0.15, 0.2) is 36.4 Å². The number of nitro benzene ring substituents is 2. The maximum Gasteiger partial charge on any atom is 0.508 e. The Hall–Kier alpha value is -2.91. The van der Waals surface area contributed by atoms with Crippen LogP contribution in [-0.2, 0) is 22.7 Å². The first-order chi connectivity index (χ1) is 12.3. The third-order valence-electron chi connectivity index (χ3n) is 3.19. The van der Waals surface area contributed by atoms with Crippen LogP contribution in [0.25, 0.3) is 0 Å². The summed E-state index contributed by atoms with van der Waals surface area (Å²) in [7, 11) is 0. The zero-order valence-electron chi connectivity index (χ0n) is 12.9. The lowest BCUT2D eigenvalue weighted by molar-refractivity contribution is -0.385. The largest absolute Gasteiger partial charge is 0.508 e. The molecule has 0 saturated heterocycles. The van der Waals surface area contributed by atoms with Gasteiger partial charge in [-0.25, -0.2) is 4.79 Å². The van der Waals surface area contributed by atoms with Crippen molar-refractivity contribution in [3.8, 4) is 0 Å². The SMILES string of the molecule is O=C(OCc1ccc([N+](=O)[O-])cc1Cl)OCc1ccc([N+](=O)[O-])cc1Cl. The van der Waals surface area contributed by atoms with E-state index in [2.05, 4.69) is 0 Å². The van der Waals surface area contributed by atoms with Gasteiger partial charge in [0.25, 0.3) is 11.4 Å². The summed E-state index contributed by atoms with van der Waals surface area (Å²) in [6.07, 6.45) is -1.02. The van der Waals surface area contributed by atoms with E-state index in [0.717, 1.165) is 12.1 Å². The van der Waals surface area contributed by atoms with Gasteiger partial charge in [0.2, 0.25) is 0 Å². The molecule has 0 bridgehead atoms. The molecule has 11 heteroatoms. The van der Waals surface area contributed by atoms with Crippen LogP contribution in [0.5, 0.6) is 0 Å². The molecule has 0 aliphatic heterocycles. The minimum Gasteiger partial charge on any atom is -0.429 e. The molecule has 0 saturated carbocycles. The van der Waals surface area contributed by atoms with Crippen molar-refractivity contribution >= 4 is 40.7 Å². The Morgan fingerprint density at radius 2 is 1.23 bits per heavy atom. The standard InChI is InChI=1S/C15H10Cl2N2O7/c16-13-5-11(18(21)22)3-1-9(13)7-25-15(20)26-8-10-2-4-12(19(23)24)6-14(10)17/h1-6H,7-8H2. The molecule has 0 aromatic heterocycles. The highest BCUT2D eigenvalue weighted by molar-refractivity contribution is 6.31. The molecule has 2 aromatic rings. The highest BCUT2D eigenvalue weighted by Crippen LogP contribution is 2.24. The summed E-state index contributed by atoms with van der Waals surface area (Å²) in [5.74, 6) is 0. The van der Waals surface area contributed by atoms with Gasteiger partial charge in [0.15, 0.2) is 0 Å². The van der Waals surface area contributed by atoms with Crippen LogP contribution < -0.4 is 0 Å². The first-order valence-electron chi connectivity index (χ1n) is 6.93. The Morgan fingerprint density at radius 1 is 0.846 bits per heavy atom. The number of rotatable bonds is 6. The van der Waals surface area contributed by atoms with Crippen LogP contribution in [0.3, 0.4) is 0 Å². The van der Waals surface area contributed by atoms with Crippen molar-refractivity contribution in [1.29, 1.82) is 0 Å². The molecule has 0 N–H and O–H groups in total.